The van der Waals surface area contributed by atoms with Gasteiger partial charge in [-0.25, -0.2) is 13.6 Å². The van der Waals surface area contributed by atoms with Gasteiger partial charge in [0, 0.05) is 17.9 Å². The highest BCUT2D eigenvalue weighted by Crippen LogP contribution is 2.22. The number of nitrogens with one attached hydrogen (secondary N) is 2. The van der Waals surface area contributed by atoms with Crippen molar-refractivity contribution in [1.29, 1.82) is 0 Å². The Morgan fingerprint density at radius 3 is 2.54 bits per heavy atom. The van der Waals surface area contributed by atoms with E-state index in [1.54, 1.807) is 6.07 Å². The van der Waals surface area contributed by atoms with E-state index in [1.807, 2.05) is 0 Å². The maximum Gasteiger partial charge on any atom is 0.319 e. The first-order valence-electron chi connectivity index (χ1n) is 7.43. The van der Waals surface area contributed by atoms with E-state index >= 15 is 0 Å². The second-order valence-corrected chi connectivity index (χ2v) is 5.42. The fourth-order valence-electron chi connectivity index (χ4n) is 2.58. The third kappa shape index (κ3) is 3.51. The molecule has 7 heteroatoms. The molecule has 2 aromatic rings. The Labute approximate surface area is 137 Å². The molecule has 0 spiro atoms. The fourth-order valence-corrected chi connectivity index (χ4v) is 2.58. The van der Waals surface area contributed by atoms with E-state index in [2.05, 4.69) is 10.6 Å². The van der Waals surface area contributed by atoms with Crippen molar-refractivity contribution in [2.75, 3.05) is 16.8 Å². The van der Waals surface area contributed by atoms with Gasteiger partial charge in [-0.1, -0.05) is 6.07 Å². The molecule has 2 N–H and O–H groups in total. The lowest BCUT2D eigenvalue weighted by Gasteiger charge is -2.17. The molecule has 0 aromatic heterocycles. The van der Waals surface area contributed by atoms with Gasteiger partial charge in [-0.2, -0.15) is 0 Å². The van der Waals surface area contributed by atoms with Crippen LogP contribution in [0.5, 0.6) is 0 Å². The summed E-state index contributed by atoms with van der Waals surface area (Å²) < 4.78 is 26.1. The molecule has 1 fully saturated rings. The molecule has 1 atom stereocenters. The largest absolute Gasteiger partial charge is 0.326 e. The number of hydrogen-bond acceptors (Lipinski definition) is 2. The Bertz CT molecular complexity index is 765. The number of carbonyl (C=O) groups excluding carboxylic acids is 2. The number of hydrogen-bond donors (Lipinski definition) is 2. The molecule has 0 bridgehead atoms. The van der Waals surface area contributed by atoms with Crippen molar-refractivity contribution in [1.82, 2.24) is 5.32 Å². The summed E-state index contributed by atoms with van der Waals surface area (Å²) in [4.78, 5) is 25.8. The number of urea groups is 1. The molecule has 0 aliphatic carbocycles. The molecule has 2 aromatic carbocycles. The standard InChI is InChI=1S/C17H15F2N3O2/c18-11-4-6-14(7-5-11)22-9-8-15(16(22)23)21-17(24)20-13-3-1-2-12(19)10-13/h1-7,10,15H,8-9H2,(H2,20,21,24). The molecule has 1 aliphatic heterocycles. The maximum absolute atomic E-state index is 13.1. The SMILES string of the molecule is O=C(Nc1cccc(F)c1)NC1CCN(c2ccc(F)cc2)C1=O. The van der Waals surface area contributed by atoms with E-state index in [0.29, 0.717) is 24.3 Å². The number of anilines is 2. The summed E-state index contributed by atoms with van der Waals surface area (Å²) in [5.74, 6) is -1.11. The molecule has 1 aliphatic rings. The van der Waals surface area contributed by atoms with Crippen molar-refractivity contribution in [2.45, 2.75) is 12.5 Å². The third-order valence-electron chi connectivity index (χ3n) is 3.73. The Hall–Kier alpha value is -2.96. The molecule has 1 saturated heterocycles. The van der Waals surface area contributed by atoms with Gasteiger partial charge in [0.1, 0.15) is 17.7 Å². The first-order chi connectivity index (χ1) is 11.5. The van der Waals surface area contributed by atoms with Crippen molar-refractivity contribution in [3.8, 4) is 0 Å². The van der Waals surface area contributed by atoms with E-state index in [4.69, 9.17) is 0 Å². The lowest BCUT2D eigenvalue weighted by atomic mass is 10.2. The van der Waals surface area contributed by atoms with Crippen LogP contribution in [0.15, 0.2) is 48.5 Å². The van der Waals surface area contributed by atoms with Gasteiger partial charge in [0.15, 0.2) is 0 Å². The van der Waals surface area contributed by atoms with Crippen LogP contribution >= 0.6 is 0 Å². The first kappa shape index (κ1) is 15.9. The summed E-state index contributed by atoms with van der Waals surface area (Å²) in [7, 11) is 0. The van der Waals surface area contributed by atoms with Gasteiger partial charge >= 0.3 is 6.03 Å². The summed E-state index contributed by atoms with van der Waals surface area (Å²) in [5, 5.41) is 5.05. The van der Waals surface area contributed by atoms with Crippen molar-refractivity contribution >= 4 is 23.3 Å². The maximum atomic E-state index is 13.1. The highest BCUT2D eigenvalue weighted by molar-refractivity contribution is 6.02. The highest BCUT2D eigenvalue weighted by atomic mass is 19.1. The van der Waals surface area contributed by atoms with Crippen LogP contribution in [-0.2, 0) is 4.79 Å². The van der Waals surface area contributed by atoms with E-state index < -0.39 is 17.9 Å². The summed E-state index contributed by atoms with van der Waals surface area (Å²) in [6.45, 7) is 0.426. The summed E-state index contributed by atoms with van der Waals surface area (Å²) in [6.07, 6.45) is 0.437. The van der Waals surface area contributed by atoms with Gasteiger partial charge in [0.05, 0.1) is 0 Å². The number of rotatable bonds is 3. The molecule has 5 nitrogen and oxygen atoms in total. The molecule has 3 amide bonds. The predicted octanol–water partition coefficient (Wildman–Crippen LogP) is 2.89. The minimum Gasteiger partial charge on any atom is -0.326 e. The lowest BCUT2D eigenvalue weighted by molar-refractivity contribution is -0.118. The lowest BCUT2D eigenvalue weighted by Crippen LogP contribution is -2.43. The first-order valence-corrected chi connectivity index (χ1v) is 7.43. The van der Waals surface area contributed by atoms with Gasteiger partial charge in [-0.05, 0) is 48.9 Å². The van der Waals surface area contributed by atoms with Crippen LogP contribution in [0.2, 0.25) is 0 Å². The number of carbonyl (C=O) groups is 2. The number of amides is 3. The Morgan fingerprint density at radius 1 is 1.08 bits per heavy atom. The zero-order valence-electron chi connectivity index (χ0n) is 12.6. The molecule has 24 heavy (non-hydrogen) atoms. The summed E-state index contributed by atoms with van der Waals surface area (Å²) in [6, 6.07) is 9.80. The molecule has 0 radical (unpaired) electrons. The van der Waals surface area contributed by atoms with Crippen molar-refractivity contribution in [2.24, 2.45) is 0 Å². The summed E-state index contributed by atoms with van der Waals surface area (Å²) >= 11 is 0. The highest BCUT2D eigenvalue weighted by Gasteiger charge is 2.33. The zero-order chi connectivity index (χ0) is 17.1. The number of benzene rings is 2. The Kier molecular flexibility index (Phi) is 4.41. The Balaban J connectivity index is 1.61. The molecule has 3 rings (SSSR count). The van der Waals surface area contributed by atoms with Crippen LogP contribution in [0, 0.1) is 11.6 Å². The van der Waals surface area contributed by atoms with Crippen LogP contribution in [0.3, 0.4) is 0 Å². The van der Waals surface area contributed by atoms with Crippen molar-refractivity contribution in [3.05, 3.63) is 60.2 Å². The Morgan fingerprint density at radius 2 is 1.83 bits per heavy atom. The number of halogens is 2. The van der Waals surface area contributed by atoms with Crippen LogP contribution in [0.1, 0.15) is 6.42 Å². The molecule has 1 unspecified atom stereocenters. The average Bonchev–Trinajstić information content (AvgIpc) is 2.89. The molecule has 1 heterocycles. The van der Waals surface area contributed by atoms with Crippen LogP contribution in [0.25, 0.3) is 0 Å². The minimum atomic E-state index is -0.677. The van der Waals surface area contributed by atoms with Gasteiger partial charge in [0.25, 0.3) is 0 Å². The van der Waals surface area contributed by atoms with Gasteiger partial charge in [-0.15, -0.1) is 0 Å². The molecular weight excluding hydrogens is 316 g/mol. The van der Waals surface area contributed by atoms with E-state index in [1.165, 1.54) is 47.4 Å². The quantitative estimate of drug-likeness (QED) is 0.908. The topological polar surface area (TPSA) is 61.4 Å². The second kappa shape index (κ2) is 6.66. The van der Waals surface area contributed by atoms with Crippen molar-refractivity contribution < 1.29 is 18.4 Å². The molecule has 0 saturated carbocycles. The predicted molar refractivity (Wildman–Crippen MR) is 85.7 cm³/mol. The van der Waals surface area contributed by atoms with Crippen LogP contribution < -0.4 is 15.5 Å². The van der Waals surface area contributed by atoms with E-state index in [9.17, 15) is 18.4 Å². The van der Waals surface area contributed by atoms with Gasteiger partial charge < -0.3 is 15.5 Å². The monoisotopic (exact) mass is 331 g/mol. The third-order valence-corrected chi connectivity index (χ3v) is 3.73. The zero-order valence-corrected chi connectivity index (χ0v) is 12.6. The molecule has 124 valence electrons. The number of nitrogens with zero attached hydrogens (tertiary/aromatic N) is 1. The normalized spacial score (nSPS) is 17.0. The molecular formula is C17H15F2N3O2. The van der Waals surface area contributed by atoms with E-state index in [-0.39, 0.29) is 11.7 Å². The minimum absolute atomic E-state index is 0.268. The van der Waals surface area contributed by atoms with E-state index in [0.717, 1.165) is 0 Å². The second-order valence-electron chi connectivity index (χ2n) is 5.42. The van der Waals surface area contributed by atoms with Gasteiger partial charge in [-0.3, -0.25) is 4.79 Å². The smallest absolute Gasteiger partial charge is 0.319 e. The van der Waals surface area contributed by atoms with Crippen LogP contribution in [0.4, 0.5) is 25.0 Å². The fraction of sp³-hybridized carbons (Fsp3) is 0.176. The summed E-state index contributed by atoms with van der Waals surface area (Å²) in [5.41, 5.74) is 0.879. The average molecular weight is 331 g/mol. The van der Waals surface area contributed by atoms with Gasteiger partial charge in [0.2, 0.25) is 5.91 Å². The van der Waals surface area contributed by atoms with Crippen molar-refractivity contribution in [3.63, 3.8) is 0 Å². The van der Waals surface area contributed by atoms with Crippen LogP contribution in [-0.4, -0.2) is 24.5 Å².